The summed E-state index contributed by atoms with van der Waals surface area (Å²) in [5.74, 6) is -0.807. The summed E-state index contributed by atoms with van der Waals surface area (Å²) >= 11 is 0. The number of hydrogen-bond acceptors (Lipinski definition) is 3. The molecule has 2 rings (SSSR count). The third kappa shape index (κ3) is 5.14. The van der Waals surface area contributed by atoms with Crippen molar-refractivity contribution in [2.24, 2.45) is 0 Å². The number of aliphatic carboxylic acids is 1. The molecule has 0 radical (unpaired) electrons. The predicted molar refractivity (Wildman–Crippen MR) is 84.5 cm³/mol. The SMILES string of the molecule is Cc1ccc(C(NCCCCN2CCCC2)C(=O)O)cc1. The maximum atomic E-state index is 11.4. The summed E-state index contributed by atoms with van der Waals surface area (Å²) in [5, 5.41) is 12.5. The lowest BCUT2D eigenvalue weighted by Crippen LogP contribution is -2.30. The molecule has 0 spiro atoms. The average Bonchev–Trinajstić information content (AvgIpc) is 2.97. The van der Waals surface area contributed by atoms with Gasteiger partial charge in [-0.2, -0.15) is 0 Å². The van der Waals surface area contributed by atoms with E-state index in [1.807, 2.05) is 31.2 Å². The third-order valence-corrected chi connectivity index (χ3v) is 4.11. The van der Waals surface area contributed by atoms with Crippen molar-refractivity contribution in [3.63, 3.8) is 0 Å². The van der Waals surface area contributed by atoms with Crippen LogP contribution in [0.25, 0.3) is 0 Å². The molecule has 2 N–H and O–H groups in total. The number of carbonyl (C=O) groups is 1. The van der Waals surface area contributed by atoms with Crippen molar-refractivity contribution < 1.29 is 9.90 Å². The maximum Gasteiger partial charge on any atom is 0.325 e. The molecule has 0 aromatic heterocycles. The van der Waals surface area contributed by atoms with E-state index in [1.54, 1.807) is 0 Å². The van der Waals surface area contributed by atoms with Crippen molar-refractivity contribution >= 4 is 5.97 Å². The third-order valence-electron chi connectivity index (χ3n) is 4.11. The fourth-order valence-corrected chi connectivity index (χ4v) is 2.82. The Morgan fingerprint density at radius 1 is 1.24 bits per heavy atom. The number of carboxylic acid groups (broad SMARTS) is 1. The van der Waals surface area contributed by atoms with Crippen LogP contribution in [-0.4, -0.2) is 42.2 Å². The molecule has 1 atom stereocenters. The highest BCUT2D eigenvalue weighted by molar-refractivity contribution is 5.75. The van der Waals surface area contributed by atoms with Gasteiger partial charge in [0.1, 0.15) is 6.04 Å². The van der Waals surface area contributed by atoms with Crippen LogP contribution in [0.2, 0.25) is 0 Å². The van der Waals surface area contributed by atoms with Crippen LogP contribution in [0, 0.1) is 6.92 Å². The van der Waals surface area contributed by atoms with Gasteiger partial charge in [-0.1, -0.05) is 29.8 Å². The molecule has 1 aliphatic rings. The van der Waals surface area contributed by atoms with Crippen LogP contribution < -0.4 is 5.32 Å². The van der Waals surface area contributed by atoms with Crippen molar-refractivity contribution in [1.29, 1.82) is 0 Å². The number of nitrogens with one attached hydrogen (secondary N) is 1. The van der Waals surface area contributed by atoms with Crippen molar-refractivity contribution in [3.8, 4) is 0 Å². The lowest BCUT2D eigenvalue weighted by Gasteiger charge is -2.17. The highest BCUT2D eigenvalue weighted by Gasteiger charge is 2.18. The van der Waals surface area contributed by atoms with E-state index in [0.717, 1.165) is 37.1 Å². The fourth-order valence-electron chi connectivity index (χ4n) is 2.82. The molecule has 4 nitrogen and oxygen atoms in total. The smallest absolute Gasteiger partial charge is 0.325 e. The fraction of sp³-hybridized carbons (Fsp3) is 0.588. The van der Waals surface area contributed by atoms with E-state index < -0.39 is 12.0 Å². The first-order valence-corrected chi connectivity index (χ1v) is 7.92. The molecule has 0 aliphatic carbocycles. The van der Waals surface area contributed by atoms with Crippen LogP contribution in [0.4, 0.5) is 0 Å². The number of unbranched alkanes of at least 4 members (excludes halogenated alkanes) is 1. The van der Waals surface area contributed by atoms with Crippen LogP contribution in [0.1, 0.15) is 42.9 Å². The van der Waals surface area contributed by atoms with Gasteiger partial charge in [-0.3, -0.25) is 4.79 Å². The normalized spacial score (nSPS) is 17.0. The number of aryl methyl sites for hydroxylation is 1. The van der Waals surface area contributed by atoms with Crippen molar-refractivity contribution in [1.82, 2.24) is 10.2 Å². The number of hydrogen-bond donors (Lipinski definition) is 2. The molecular weight excluding hydrogens is 264 g/mol. The minimum Gasteiger partial charge on any atom is -0.480 e. The van der Waals surface area contributed by atoms with E-state index in [0.29, 0.717) is 0 Å². The Morgan fingerprint density at radius 2 is 1.90 bits per heavy atom. The molecule has 1 saturated heterocycles. The Bertz CT molecular complexity index is 439. The van der Waals surface area contributed by atoms with Crippen molar-refractivity contribution in [3.05, 3.63) is 35.4 Å². The summed E-state index contributed by atoms with van der Waals surface area (Å²) in [7, 11) is 0. The number of rotatable bonds is 8. The van der Waals surface area contributed by atoms with E-state index in [9.17, 15) is 9.90 Å². The monoisotopic (exact) mass is 290 g/mol. The first-order valence-electron chi connectivity index (χ1n) is 7.92. The Morgan fingerprint density at radius 3 is 2.52 bits per heavy atom. The zero-order chi connectivity index (χ0) is 15.1. The van der Waals surface area contributed by atoms with Crippen LogP contribution in [0.3, 0.4) is 0 Å². The zero-order valence-corrected chi connectivity index (χ0v) is 12.8. The summed E-state index contributed by atoms with van der Waals surface area (Å²) in [5.41, 5.74) is 1.97. The van der Waals surface area contributed by atoms with Gasteiger partial charge in [-0.15, -0.1) is 0 Å². The van der Waals surface area contributed by atoms with Gasteiger partial charge in [0.25, 0.3) is 0 Å². The average molecular weight is 290 g/mol. The Labute approximate surface area is 127 Å². The molecule has 0 saturated carbocycles. The van der Waals surface area contributed by atoms with Gasteiger partial charge in [0.15, 0.2) is 0 Å². The molecule has 1 heterocycles. The summed E-state index contributed by atoms with van der Waals surface area (Å²) in [4.78, 5) is 13.9. The maximum absolute atomic E-state index is 11.4. The summed E-state index contributed by atoms with van der Waals surface area (Å²) in [6.45, 7) is 6.36. The highest BCUT2D eigenvalue weighted by Crippen LogP contribution is 2.14. The van der Waals surface area contributed by atoms with E-state index >= 15 is 0 Å². The molecule has 4 heteroatoms. The predicted octanol–water partition coefficient (Wildman–Crippen LogP) is 2.59. The molecule has 1 unspecified atom stereocenters. The molecular formula is C17H26N2O2. The quantitative estimate of drug-likeness (QED) is 0.723. The van der Waals surface area contributed by atoms with E-state index in [2.05, 4.69) is 10.2 Å². The number of carboxylic acids is 1. The van der Waals surface area contributed by atoms with Gasteiger partial charge in [0.05, 0.1) is 0 Å². The molecule has 21 heavy (non-hydrogen) atoms. The van der Waals surface area contributed by atoms with Gasteiger partial charge < -0.3 is 15.3 Å². The van der Waals surface area contributed by atoms with E-state index in [1.165, 1.54) is 25.9 Å². The van der Waals surface area contributed by atoms with Crippen LogP contribution >= 0.6 is 0 Å². The van der Waals surface area contributed by atoms with Crippen molar-refractivity contribution in [2.75, 3.05) is 26.2 Å². The summed E-state index contributed by atoms with van der Waals surface area (Å²) in [6.07, 6.45) is 4.80. The first kappa shape index (κ1) is 16.0. The standard InChI is InChI=1S/C17H26N2O2/c1-14-6-8-15(9-7-14)16(17(20)21)18-10-2-3-11-19-12-4-5-13-19/h6-9,16,18H,2-5,10-13H2,1H3,(H,20,21). The molecule has 0 bridgehead atoms. The Balaban J connectivity index is 1.72. The van der Waals surface area contributed by atoms with Crippen LogP contribution in [0.5, 0.6) is 0 Å². The largest absolute Gasteiger partial charge is 0.480 e. The number of benzene rings is 1. The van der Waals surface area contributed by atoms with Gasteiger partial charge in [0.2, 0.25) is 0 Å². The van der Waals surface area contributed by atoms with E-state index in [-0.39, 0.29) is 0 Å². The highest BCUT2D eigenvalue weighted by atomic mass is 16.4. The van der Waals surface area contributed by atoms with Gasteiger partial charge >= 0.3 is 5.97 Å². The Hall–Kier alpha value is -1.39. The van der Waals surface area contributed by atoms with Gasteiger partial charge in [-0.05, 0) is 64.3 Å². The lowest BCUT2D eigenvalue weighted by molar-refractivity contribution is -0.139. The molecule has 116 valence electrons. The van der Waals surface area contributed by atoms with Crippen LogP contribution in [-0.2, 0) is 4.79 Å². The van der Waals surface area contributed by atoms with Gasteiger partial charge in [-0.25, -0.2) is 0 Å². The minimum atomic E-state index is -0.807. The summed E-state index contributed by atoms with van der Waals surface area (Å²) in [6, 6.07) is 7.11. The van der Waals surface area contributed by atoms with Gasteiger partial charge in [0, 0.05) is 0 Å². The second kappa shape index (κ2) is 8.15. The molecule has 1 fully saturated rings. The number of nitrogens with zero attached hydrogens (tertiary/aromatic N) is 1. The molecule has 1 aromatic rings. The molecule has 1 aliphatic heterocycles. The second-order valence-corrected chi connectivity index (χ2v) is 5.89. The molecule has 1 aromatic carbocycles. The molecule has 0 amide bonds. The van der Waals surface area contributed by atoms with Crippen molar-refractivity contribution in [2.45, 2.75) is 38.6 Å². The van der Waals surface area contributed by atoms with E-state index in [4.69, 9.17) is 0 Å². The minimum absolute atomic E-state index is 0.600. The number of likely N-dealkylation sites (tertiary alicyclic amines) is 1. The zero-order valence-electron chi connectivity index (χ0n) is 12.8. The first-order chi connectivity index (χ1) is 10.2. The van der Waals surface area contributed by atoms with Crippen LogP contribution in [0.15, 0.2) is 24.3 Å². The Kier molecular flexibility index (Phi) is 6.21. The topological polar surface area (TPSA) is 52.6 Å². The second-order valence-electron chi connectivity index (χ2n) is 5.89. The summed E-state index contributed by atoms with van der Waals surface area (Å²) < 4.78 is 0. The lowest BCUT2D eigenvalue weighted by atomic mass is 10.1.